The van der Waals surface area contributed by atoms with Crippen molar-refractivity contribution in [3.63, 3.8) is 0 Å². The van der Waals surface area contributed by atoms with Gasteiger partial charge in [-0.25, -0.2) is 4.79 Å². The summed E-state index contributed by atoms with van der Waals surface area (Å²) in [5, 5.41) is 8.33. The molecule has 1 atom stereocenters. The van der Waals surface area contributed by atoms with E-state index in [0.29, 0.717) is 0 Å². The summed E-state index contributed by atoms with van der Waals surface area (Å²) in [7, 11) is 0. The van der Waals surface area contributed by atoms with E-state index < -0.39 is 17.5 Å². The third-order valence-corrected chi connectivity index (χ3v) is 1.38. The number of hydrogen-bond acceptors (Lipinski definition) is 3. The molecule has 0 fully saturated rings. The van der Waals surface area contributed by atoms with E-state index in [4.69, 9.17) is 16.7 Å². The van der Waals surface area contributed by atoms with Gasteiger partial charge in [0.1, 0.15) is 0 Å². The molecule has 1 heterocycles. The number of carboxylic acid groups (broad SMARTS) is 1. The van der Waals surface area contributed by atoms with Gasteiger partial charge in [0.2, 0.25) is 11.8 Å². The van der Waals surface area contributed by atoms with E-state index in [1.807, 2.05) is 0 Å². The van der Waals surface area contributed by atoms with Crippen molar-refractivity contribution in [3.05, 3.63) is 24.1 Å². The molecule has 1 N–H and O–H groups in total. The number of rotatable bonds is 3. The summed E-state index contributed by atoms with van der Waals surface area (Å²) >= 11 is 5.22. The fourth-order valence-corrected chi connectivity index (χ4v) is 0.703. The highest BCUT2D eigenvalue weighted by Gasteiger charge is 2.15. The predicted molar refractivity (Wildman–Crippen MR) is 42.1 cm³/mol. The summed E-state index contributed by atoms with van der Waals surface area (Å²) in [4.78, 5) is 13.5. The first-order chi connectivity index (χ1) is 6.09. The molecule has 0 spiro atoms. The van der Waals surface area contributed by atoms with Crippen LogP contribution in [0.2, 0.25) is 0 Å². The lowest BCUT2D eigenvalue weighted by molar-refractivity contribution is -0.141. The van der Waals surface area contributed by atoms with E-state index in [9.17, 15) is 9.18 Å². The SMILES string of the molecule is O=C(O)C(Cl)Oc1cccc(F)n1. The molecule has 0 saturated heterocycles. The minimum Gasteiger partial charge on any atom is -0.478 e. The van der Waals surface area contributed by atoms with Crippen molar-refractivity contribution in [2.24, 2.45) is 0 Å². The van der Waals surface area contributed by atoms with Crippen molar-refractivity contribution in [2.45, 2.75) is 5.56 Å². The Hall–Kier alpha value is -1.36. The standard InChI is InChI=1S/C7H5ClFNO3/c8-6(7(11)12)13-5-3-1-2-4(9)10-5/h1-3,6H,(H,11,12). The van der Waals surface area contributed by atoms with E-state index in [1.54, 1.807) is 0 Å². The van der Waals surface area contributed by atoms with E-state index in [2.05, 4.69) is 9.72 Å². The van der Waals surface area contributed by atoms with Crippen molar-refractivity contribution in [3.8, 4) is 5.88 Å². The van der Waals surface area contributed by atoms with Crippen LogP contribution in [-0.2, 0) is 4.79 Å². The summed E-state index contributed by atoms with van der Waals surface area (Å²) in [5.41, 5.74) is -1.56. The average molecular weight is 206 g/mol. The minimum atomic E-state index is -1.56. The fraction of sp³-hybridized carbons (Fsp3) is 0.143. The van der Waals surface area contributed by atoms with Gasteiger partial charge in [-0.05, 0) is 6.07 Å². The summed E-state index contributed by atoms with van der Waals surface area (Å²) in [6.45, 7) is 0. The highest BCUT2D eigenvalue weighted by molar-refractivity contribution is 6.28. The van der Waals surface area contributed by atoms with Gasteiger partial charge >= 0.3 is 5.97 Å². The maximum Gasteiger partial charge on any atom is 0.361 e. The summed E-state index contributed by atoms with van der Waals surface area (Å²) in [6.07, 6.45) is 0. The lowest BCUT2D eigenvalue weighted by Crippen LogP contribution is -2.20. The minimum absolute atomic E-state index is 0.164. The van der Waals surface area contributed by atoms with Gasteiger partial charge in [0.05, 0.1) is 0 Å². The van der Waals surface area contributed by atoms with Gasteiger partial charge in [-0.1, -0.05) is 17.7 Å². The maximum atomic E-state index is 12.4. The molecule has 0 aliphatic rings. The second kappa shape index (κ2) is 4.04. The molecule has 1 aromatic heterocycles. The Morgan fingerprint density at radius 1 is 1.69 bits per heavy atom. The van der Waals surface area contributed by atoms with E-state index >= 15 is 0 Å². The summed E-state index contributed by atoms with van der Waals surface area (Å²) in [5.74, 6) is -2.28. The van der Waals surface area contributed by atoms with Crippen LogP contribution in [0.5, 0.6) is 5.88 Å². The first-order valence-corrected chi connectivity index (χ1v) is 3.69. The highest BCUT2D eigenvalue weighted by atomic mass is 35.5. The molecular weight excluding hydrogens is 201 g/mol. The molecular formula is C7H5ClFNO3. The Kier molecular flexibility index (Phi) is 3.02. The van der Waals surface area contributed by atoms with Crippen LogP contribution < -0.4 is 4.74 Å². The molecule has 0 bridgehead atoms. The van der Waals surface area contributed by atoms with E-state index in [0.717, 1.165) is 6.07 Å². The van der Waals surface area contributed by atoms with Gasteiger partial charge in [-0.2, -0.15) is 9.37 Å². The number of carbonyl (C=O) groups is 1. The number of aromatic nitrogens is 1. The van der Waals surface area contributed by atoms with Gasteiger partial charge in [-0.3, -0.25) is 0 Å². The number of alkyl halides is 1. The largest absolute Gasteiger partial charge is 0.478 e. The molecule has 1 unspecified atom stereocenters. The number of ether oxygens (including phenoxy) is 1. The van der Waals surface area contributed by atoms with Crippen molar-refractivity contribution in [1.82, 2.24) is 4.98 Å². The van der Waals surface area contributed by atoms with Gasteiger partial charge < -0.3 is 9.84 Å². The topological polar surface area (TPSA) is 59.4 Å². The smallest absolute Gasteiger partial charge is 0.361 e. The molecule has 1 aromatic rings. The monoisotopic (exact) mass is 205 g/mol. The Morgan fingerprint density at radius 3 is 2.92 bits per heavy atom. The lowest BCUT2D eigenvalue weighted by atomic mass is 10.5. The second-order valence-corrected chi connectivity index (χ2v) is 2.47. The molecule has 0 saturated carbocycles. The van der Waals surface area contributed by atoms with Gasteiger partial charge in [0.15, 0.2) is 0 Å². The molecule has 0 aromatic carbocycles. The molecule has 0 aliphatic heterocycles. The van der Waals surface area contributed by atoms with Crippen molar-refractivity contribution < 1.29 is 19.0 Å². The maximum absolute atomic E-state index is 12.4. The van der Waals surface area contributed by atoms with Crippen LogP contribution in [0.4, 0.5) is 4.39 Å². The number of hydrogen-bond donors (Lipinski definition) is 1. The molecule has 0 radical (unpaired) electrons. The van der Waals surface area contributed by atoms with Gasteiger partial charge in [0, 0.05) is 6.07 Å². The molecule has 0 aliphatic carbocycles. The first-order valence-electron chi connectivity index (χ1n) is 3.25. The highest BCUT2D eigenvalue weighted by Crippen LogP contribution is 2.10. The molecule has 6 heteroatoms. The zero-order chi connectivity index (χ0) is 9.84. The van der Waals surface area contributed by atoms with Gasteiger partial charge in [-0.15, -0.1) is 0 Å². The quantitative estimate of drug-likeness (QED) is 0.596. The summed E-state index contributed by atoms with van der Waals surface area (Å²) in [6, 6.07) is 3.75. The molecule has 4 nitrogen and oxygen atoms in total. The van der Waals surface area contributed by atoms with Crippen LogP contribution >= 0.6 is 11.6 Å². The fourth-order valence-electron chi connectivity index (χ4n) is 0.612. The Bertz CT molecular complexity index is 320. The normalized spacial score (nSPS) is 12.2. The third kappa shape index (κ3) is 2.87. The molecule has 13 heavy (non-hydrogen) atoms. The van der Waals surface area contributed by atoms with Crippen molar-refractivity contribution in [2.75, 3.05) is 0 Å². The molecule has 70 valence electrons. The van der Waals surface area contributed by atoms with E-state index in [1.165, 1.54) is 12.1 Å². The zero-order valence-electron chi connectivity index (χ0n) is 6.28. The Morgan fingerprint density at radius 2 is 2.38 bits per heavy atom. The summed E-state index contributed by atoms with van der Waals surface area (Å²) < 4.78 is 17.0. The average Bonchev–Trinajstić information content (AvgIpc) is 2.04. The van der Waals surface area contributed by atoms with Crippen LogP contribution in [-0.4, -0.2) is 21.6 Å². The van der Waals surface area contributed by atoms with Gasteiger partial charge in [0.25, 0.3) is 5.56 Å². The van der Waals surface area contributed by atoms with Crippen LogP contribution in [0.15, 0.2) is 18.2 Å². The lowest BCUT2D eigenvalue weighted by Gasteiger charge is -2.06. The number of nitrogens with zero attached hydrogens (tertiary/aromatic N) is 1. The Labute approximate surface area is 77.9 Å². The first kappa shape index (κ1) is 9.73. The molecule has 1 rings (SSSR count). The predicted octanol–water partition coefficient (Wildman–Crippen LogP) is 1.25. The Balaban J connectivity index is 2.69. The van der Waals surface area contributed by atoms with Crippen LogP contribution in [0, 0.1) is 5.95 Å². The number of halogens is 2. The van der Waals surface area contributed by atoms with Crippen molar-refractivity contribution >= 4 is 17.6 Å². The zero-order valence-corrected chi connectivity index (χ0v) is 7.03. The number of carboxylic acids is 1. The van der Waals surface area contributed by atoms with Crippen LogP contribution in [0.25, 0.3) is 0 Å². The van der Waals surface area contributed by atoms with Crippen LogP contribution in [0.3, 0.4) is 0 Å². The third-order valence-electron chi connectivity index (χ3n) is 1.11. The second-order valence-electron chi connectivity index (χ2n) is 2.07. The number of pyridine rings is 1. The van der Waals surface area contributed by atoms with E-state index in [-0.39, 0.29) is 5.88 Å². The number of aliphatic carboxylic acids is 1. The molecule has 0 amide bonds. The van der Waals surface area contributed by atoms with Crippen molar-refractivity contribution in [1.29, 1.82) is 0 Å². The van der Waals surface area contributed by atoms with Crippen LogP contribution in [0.1, 0.15) is 0 Å².